The zero-order valence-corrected chi connectivity index (χ0v) is 9.61. The zero-order valence-electron chi connectivity index (χ0n) is 9.61. The second kappa shape index (κ2) is 3.81. The standard InChI is InChI=1S/C13H17N3.H2/c1-16-12(9-15-16)7-10-4-5-11-3-2-6-14-13(11)8-10;/h2-3,6,9-10,15H,4-5,7-8H2,1H3;1H. The van der Waals surface area contributed by atoms with Crippen LogP contribution in [0.3, 0.4) is 0 Å². The van der Waals surface area contributed by atoms with Gasteiger partial charge in [-0.05, 0) is 43.2 Å². The summed E-state index contributed by atoms with van der Waals surface area (Å²) in [7, 11) is 2.07. The van der Waals surface area contributed by atoms with E-state index in [2.05, 4.69) is 34.1 Å². The van der Waals surface area contributed by atoms with E-state index in [0.717, 1.165) is 12.3 Å². The summed E-state index contributed by atoms with van der Waals surface area (Å²) >= 11 is 0. The largest absolute Gasteiger partial charge is 0.304 e. The molecule has 16 heavy (non-hydrogen) atoms. The first-order chi connectivity index (χ1) is 7.83. The number of hydrogen-bond acceptors (Lipinski definition) is 1. The molecule has 86 valence electrons. The van der Waals surface area contributed by atoms with Crippen molar-refractivity contribution in [3.8, 4) is 0 Å². The molecule has 2 heterocycles. The van der Waals surface area contributed by atoms with E-state index in [9.17, 15) is 0 Å². The molecule has 3 rings (SSSR count). The third-order valence-corrected chi connectivity index (χ3v) is 3.64. The highest BCUT2D eigenvalue weighted by Crippen LogP contribution is 2.26. The lowest BCUT2D eigenvalue weighted by Gasteiger charge is -2.25. The van der Waals surface area contributed by atoms with Crippen molar-refractivity contribution in [3.63, 3.8) is 0 Å². The summed E-state index contributed by atoms with van der Waals surface area (Å²) in [4.78, 5) is 4.49. The van der Waals surface area contributed by atoms with Gasteiger partial charge in [-0.1, -0.05) is 6.07 Å². The lowest BCUT2D eigenvalue weighted by Crippen LogP contribution is -2.21. The van der Waals surface area contributed by atoms with Crippen LogP contribution >= 0.6 is 0 Å². The molecule has 2 aromatic heterocycles. The van der Waals surface area contributed by atoms with Crippen LogP contribution in [-0.4, -0.2) is 14.8 Å². The van der Waals surface area contributed by atoms with Crippen LogP contribution in [0.1, 0.15) is 24.8 Å². The molecule has 1 N–H and O–H groups in total. The van der Waals surface area contributed by atoms with Gasteiger partial charge in [-0.25, -0.2) is 0 Å². The maximum atomic E-state index is 4.49. The molecule has 0 aliphatic heterocycles. The summed E-state index contributed by atoms with van der Waals surface area (Å²) in [6.07, 6.45) is 8.83. The molecule has 3 heteroatoms. The summed E-state index contributed by atoms with van der Waals surface area (Å²) in [5.74, 6) is 0.762. The zero-order chi connectivity index (χ0) is 11.0. The van der Waals surface area contributed by atoms with Crippen molar-refractivity contribution in [2.45, 2.75) is 25.7 Å². The summed E-state index contributed by atoms with van der Waals surface area (Å²) in [5.41, 5.74) is 4.19. The van der Waals surface area contributed by atoms with E-state index in [1.807, 2.05) is 12.3 Å². The normalized spacial score (nSPS) is 19.7. The van der Waals surface area contributed by atoms with Crippen LogP contribution in [-0.2, 0) is 26.3 Å². The molecule has 0 spiro atoms. The predicted octanol–water partition coefficient (Wildman–Crippen LogP) is 2.34. The molecule has 2 aromatic rings. The maximum Gasteiger partial charge on any atom is 0.0520 e. The van der Waals surface area contributed by atoms with Gasteiger partial charge in [0.15, 0.2) is 0 Å². The molecule has 1 aliphatic carbocycles. The van der Waals surface area contributed by atoms with Gasteiger partial charge in [0.2, 0.25) is 0 Å². The van der Waals surface area contributed by atoms with Crippen molar-refractivity contribution in [1.29, 1.82) is 0 Å². The van der Waals surface area contributed by atoms with Gasteiger partial charge in [-0.15, -0.1) is 0 Å². The minimum Gasteiger partial charge on any atom is -0.304 e. The Balaban J connectivity index is 0.00000108. The van der Waals surface area contributed by atoms with Gasteiger partial charge in [0.05, 0.1) is 5.69 Å². The van der Waals surface area contributed by atoms with Gasteiger partial charge >= 0.3 is 0 Å². The van der Waals surface area contributed by atoms with E-state index in [0.29, 0.717) is 0 Å². The van der Waals surface area contributed by atoms with Gasteiger partial charge < -0.3 is 5.10 Å². The molecule has 0 saturated heterocycles. The highest BCUT2D eigenvalue weighted by atomic mass is 15.3. The van der Waals surface area contributed by atoms with Gasteiger partial charge in [0.1, 0.15) is 0 Å². The second-order valence-corrected chi connectivity index (χ2v) is 4.75. The van der Waals surface area contributed by atoms with Crippen molar-refractivity contribution in [1.82, 2.24) is 14.8 Å². The number of fused-ring (bicyclic) bond motifs is 1. The Labute approximate surface area is 97.0 Å². The van der Waals surface area contributed by atoms with E-state index in [1.54, 1.807) is 0 Å². The van der Waals surface area contributed by atoms with Gasteiger partial charge in [-0.2, -0.15) is 0 Å². The Morgan fingerprint density at radius 2 is 2.56 bits per heavy atom. The average molecular weight is 217 g/mol. The molecular weight excluding hydrogens is 198 g/mol. The number of aromatic nitrogens is 3. The SMILES string of the molecule is Cn1[nH]cc1CC1CCc2cccnc2C1.[HH]. The molecule has 0 fully saturated rings. The number of H-pyrrole nitrogens is 1. The molecule has 1 aliphatic rings. The molecule has 0 radical (unpaired) electrons. The lowest BCUT2D eigenvalue weighted by molar-refractivity contribution is 0.424. The fourth-order valence-corrected chi connectivity index (χ4v) is 2.57. The fourth-order valence-electron chi connectivity index (χ4n) is 2.57. The van der Waals surface area contributed by atoms with Crippen molar-refractivity contribution < 1.29 is 1.43 Å². The molecule has 0 aromatic carbocycles. The quantitative estimate of drug-likeness (QED) is 0.823. The van der Waals surface area contributed by atoms with E-state index < -0.39 is 0 Å². The third-order valence-electron chi connectivity index (χ3n) is 3.64. The Kier molecular flexibility index (Phi) is 2.31. The van der Waals surface area contributed by atoms with Gasteiger partial charge in [0.25, 0.3) is 0 Å². The molecule has 3 nitrogen and oxygen atoms in total. The van der Waals surface area contributed by atoms with Crippen LogP contribution in [0.15, 0.2) is 24.5 Å². The molecule has 0 amide bonds. The maximum absolute atomic E-state index is 4.49. The number of nitrogens with zero attached hydrogens (tertiary/aromatic N) is 2. The van der Waals surface area contributed by atoms with Crippen molar-refractivity contribution in [2.24, 2.45) is 13.0 Å². The topological polar surface area (TPSA) is 33.6 Å². The smallest absolute Gasteiger partial charge is 0.0520 e. The van der Waals surface area contributed by atoms with E-state index in [4.69, 9.17) is 0 Å². The molecular formula is C13H19N3. The first kappa shape index (κ1) is 9.70. The summed E-state index contributed by atoms with van der Waals surface area (Å²) in [6, 6.07) is 4.26. The van der Waals surface area contributed by atoms with E-state index in [1.165, 1.54) is 36.2 Å². The van der Waals surface area contributed by atoms with E-state index >= 15 is 0 Å². The van der Waals surface area contributed by atoms with Crippen molar-refractivity contribution in [2.75, 3.05) is 0 Å². The Morgan fingerprint density at radius 1 is 1.62 bits per heavy atom. The average Bonchev–Trinajstić information content (AvgIpc) is 2.34. The summed E-state index contributed by atoms with van der Waals surface area (Å²) in [6.45, 7) is 0. The number of aromatic amines is 1. The highest BCUT2D eigenvalue weighted by molar-refractivity contribution is 5.23. The number of hydrogen-bond donors (Lipinski definition) is 1. The Hall–Kier alpha value is -1.51. The predicted molar refractivity (Wildman–Crippen MR) is 65.3 cm³/mol. The lowest BCUT2D eigenvalue weighted by atomic mass is 9.84. The van der Waals surface area contributed by atoms with E-state index in [-0.39, 0.29) is 1.43 Å². The van der Waals surface area contributed by atoms with Gasteiger partial charge in [0, 0.05) is 26.6 Å². The third kappa shape index (κ3) is 1.66. The van der Waals surface area contributed by atoms with Crippen LogP contribution in [0, 0.1) is 5.92 Å². The van der Waals surface area contributed by atoms with Gasteiger partial charge in [-0.3, -0.25) is 9.67 Å². The Morgan fingerprint density at radius 3 is 3.31 bits per heavy atom. The fraction of sp³-hybridized carbons (Fsp3) is 0.462. The first-order valence-corrected chi connectivity index (χ1v) is 5.94. The minimum absolute atomic E-state index is 0. The second-order valence-electron chi connectivity index (χ2n) is 4.75. The van der Waals surface area contributed by atoms with Crippen molar-refractivity contribution in [3.05, 3.63) is 41.5 Å². The monoisotopic (exact) mass is 217 g/mol. The van der Waals surface area contributed by atoms with Crippen molar-refractivity contribution >= 4 is 0 Å². The Bertz CT molecular complexity index is 486. The van der Waals surface area contributed by atoms with Crippen LogP contribution in [0.4, 0.5) is 0 Å². The number of nitrogens with one attached hydrogen (secondary N) is 1. The summed E-state index contributed by atoms with van der Waals surface area (Å²) in [5, 5.41) is 3.12. The molecule has 0 saturated carbocycles. The molecule has 1 atom stereocenters. The number of pyridine rings is 1. The van der Waals surface area contributed by atoms with Crippen LogP contribution < -0.4 is 0 Å². The van der Waals surface area contributed by atoms with Crippen LogP contribution in [0.25, 0.3) is 0 Å². The first-order valence-electron chi connectivity index (χ1n) is 5.94. The summed E-state index contributed by atoms with van der Waals surface area (Å²) < 4.78 is 2.11. The van der Waals surface area contributed by atoms with Crippen LogP contribution in [0.5, 0.6) is 0 Å². The highest BCUT2D eigenvalue weighted by Gasteiger charge is 2.20. The van der Waals surface area contributed by atoms with Crippen LogP contribution in [0.2, 0.25) is 0 Å². The molecule has 1 unspecified atom stereocenters. The number of rotatable bonds is 2. The number of aryl methyl sites for hydroxylation is 2. The molecule has 0 bridgehead atoms. The minimum atomic E-state index is 0.